The molecule has 0 aromatic heterocycles. The minimum Gasteiger partial charge on any atom is -0.490 e. The average molecular weight is 404 g/mol. The van der Waals surface area contributed by atoms with E-state index in [0.717, 1.165) is 18.7 Å². The Balaban J connectivity index is 1.67. The monoisotopic (exact) mass is 403 g/mol. The molecular formula is C20H25N3O4S. The number of thioether (sulfide) groups is 1. The van der Waals surface area contributed by atoms with Crippen LogP contribution in [0.25, 0.3) is 0 Å². The maximum atomic E-state index is 12.0. The van der Waals surface area contributed by atoms with Crippen LogP contribution in [-0.4, -0.2) is 48.7 Å². The molecule has 2 rings (SSSR count). The third-order valence-electron chi connectivity index (χ3n) is 4.05. The van der Waals surface area contributed by atoms with E-state index >= 15 is 0 Å². The number of hydrogen-bond acceptors (Lipinski definition) is 6. The molecule has 0 unspecified atom stereocenters. The Morgan fingerprint density at radius 3 is 2.64 bits per heavy atom. The molecule has 0 atom stereocenters. The normalized spacial score (nSPS) is 10.7. The number of nitrogens with zero attached hydrogens (tertiary/aromatic N) is 2. The standard InChI is InChI=1S/C20H25N3O4S/c1-22(13-16-6-4-3-5-7-16)11-10-21-20(24)15-28-14-17-8-9-19(27-2)18(12-17)23(25)26/h3-9,12H,10-11,13-15H2,1-2H3,(H,21,24). The van der Waals surface area contributed by atoms with Crippen molar-refractivity contribution in [3.63, 3.8) is 0 Å². The van der Waals surface area contributed by atoms with Gasteiger partial charge in [-0.2, -0.15) is 0 Å². The van der Waals surface area contributed by atoms with E-state index in [1.165, 1.54) is 30.5 Å². The van der Waals surface area contributed by atoms with E-state index in [0.29, 0.717) is 18.1 Å². The van der Waals surface area contributed by atoms with Crippen molar-refractivity contribution in [1.29, 1.82) is 0 Å². The maximum absolute atomic E-state index is 12.0. The summed E-state index contributed by atoms with van der Waals surface area (Å²) >= 11 is 1.42. The Bertz CT molecular complexity index is 786. The number of rotatable bonds is 11. The smallest absolute Gasteiger partial charge is 0.311 e. The lowest BCUT2D eigenvalue weighted by atomic mass is 10.2. The predicted octanol–water partition coefficient (Wildman–Crippen LogP) is 3.08. The lowest BCUT2D eigenvalue weighted by Crippen LogP contribution is -2.33. The van der Waals surface area contributed by atoms with Crippen molar-refractivity contribution in [2.45, 2.75) is 12.3 Å². The van der Waals surface area contributed by atoms with Gasteiger partial charge in [-0.1, -0.05) is 36.4 Å². The second-order valence-corrected chi connectivity index (χ2v) is 7.32. The van der Waals surface area contributed by atoms with Gasteiger partial charge in [0.25, 0.3) is 0 Å². The van der Waals surface area contributed by atoms with Crippen LogP contribution in [0, 0.1) is 10.1 Å². The Morgan fingerprint density at radius 2 is 1.96 bits per heavy atom. The molecule has 0 aliphatic heterocycles. The Labute approximate surface area is 169 Å². The number of methoxy groups -OCH3 is 1. The third kappa shape index (κ3) is 7.21. The molecule has 0 heterocycles. The van der Waals surface area contributed by atoms with Gasteiger partial charge in [0.2, 0.25) is 5.91 Å². The summed E-state index contributed by atoms with van der Waals surface area (Å²) in [4.78, 5) is 24.7. The SMILES string of the molecule is COc1ccc(CSCC(=O)NCCN(C)Cc2ccccc2)cc1[N+](=O)[O-]. The maximum Gasteiger partial charge on any atom is 0.311 e. The molecule has 28 heavy (non-hydrogen) atoms. The lowest BCUT2D eigenvalue weighted by Gasteiger charge is -2.17. The third-order valence-corrected chi connectivity index (χ3v) is 5.06. The molecule has 0 saturated carbocycles. The zero-order chi connectivity index (χ0) is 20.4. The fourth-order valence-corrected chi connectivity index (χ4v) is 3.45. The van der Waals surface area contributed by atoms with Crippen molar-refractivity contribution in [3.05, 3.63) is 69.8 Å². The largest absolute Gasteiger partial charge is 0.490 e. The summed E-state index contributed by atoms with van der Waals surface area (Å²) in [5, 5.41) is 14.0. The highest BCUT2D eigenvalue weighted by molar-refractivity contribution is 7.99. The highest BCUT2D eigenvalue weighted by atomic mass is 32.2. The van der Waals surface area contributed by atoms with Crippen molar-refractivity contribution in [2.75, 3.05) is 33.0 Å². The van der Waals surface area contributed by atoms with Gasteiger partial charge in [0.1, 0.15) is 0 Å². The predicted molar refractivity (Wildman–Crippen MR) is 112 cm³/mol. The first-order valence-corrected chi connectivity index (χ1v) is 10.0. The van der Waals surface area contributed by atoms with Gasteiger partial charge in [-0.05, 0) is 24.2 Å². The Kier molecular flexibility index (Phi) is 8.77. The minimum absolute atomic E-state index is 0.0406. The Hall–Kier alpha value is -2.58. The van der Waals surface area contributed by atoms with Crippen LogP contribution >= 0.6 is 11.8 Å². The summed E-state index contributed by atoms with van der Waals surface area (Å²) in [5.41, 5.74) is 1.96. The van der Waals surface area contributed by atoms with E-state index in [-0.39, 0.29) is 17.3 Å². The van der Waals surface area contributed by atoms with Crippen molar-refractivity contribution < 1.29 is 14.5 Å². The summed E-state index contributed by atoms with van der Waals surface area (Å²) in [6.07, 6.45) is 0. The summed E-state index contributed by atoms with van der Waals surface area (Å²) < 4.78 is 4.99. The second-order valence-electron chi connectivity index (χ2n) is 6.33. The van der Waals surface area contributed by atoms with Crippen molar-refractivity contribution in [1.82, 2.24) is 10.2 Å². The number of benzene rings is 2. The number of nitro groups is 1. The van der Waals surface area contributed by atoms with Crippen molar-refractivity contribution >= 4 is 23.4 Å². The molecule has 1 N–H and O–H groups in total. The zero-order valence-electron chi connectivity index (χ0n) is 16.1. The van der Waals surface area contributed by atoms with Crippen molar-refractivity contribution in [3.8, 4) is 5.75 Å². The highest BCUT2D eigenvalue weighted by Crippen LogP contribution is 2.28. The van der Waals surface area contributed by atoms with E-state index in [4.69, 9.17) is 4.74 Å². The van der Waals surface area contributed by atoms with Gasteiger partial charge < -0.3 is 15.0 Å². The van der Waals surface area contributed by atoms with Crippen LogP contribution in [-0.2, 0) is 17.1 Å². The number of ether oxygens (including phenoxy) is 1. The first-order chi connectivity index (χ1) is 13.5. The summed E-state index contributed by atoms with van der Waals surface area (Å²) in [6.45, 7) is 2.18. The lowest BCUT2D eigenvalue weighted by molar-refractivity contribution is -0.385. The van der Waals surface area contributed by atoms with Crippen LogP contribution in [0.4, 0.5) is 5.69 Å². The molecule has 2 aromatic rings. The second kappa shape index (κ2) is 11.3. The molecule has 8 heteroatoms. The Morgan fingerprint density at radius 1 is 1.21 bits per heavy atom. The topological polar surface area (TPSA) is 84.7 Å². The molecule has 2 aromatic carbocycles. The number of amides is 1. The average Bonchev–Trinajstić information content (AvgIpc) is 2.68. The van der Waals surface area contributed by atoms with Gasteiger partial charge in [-0.25, -0.2) is 0 Å². The summed E-state index contributed by atoms with van der Waals surface area (Å²) in [7, 11) is 3.42. The fraction of sp³-hybridized carbons (Fsp3) is 0.350. The van der Waals surface area contributed by atoms with Crippen LogP contribution in [0.2, 0.25) is 0 Å². The molecular weight excluding hydrogens is 378 g/mol. The van der Waals surface area contributed by atoms with Crippen molar-refractivity contribution in [2.24, 2.45) is 0 Å². The molecule has 0 radical (unpaired) electrons. The molecule has 1 amide bonds. The van der Waals surface area contributed by atoms with E-state index in [1.807, 2.05) is 25.2 Å². The van der Waals surface area contributed by atoms with Crippen LogP contribution in [0.3, 0.4) is 0 Å². The van der Waals surface area contributed by atoms with Gasteiger partial charge in [0, 0.05) is 31.5 Å². The zero-order valence-corrected chi connectivity index (χ0v) is 16.9. The number of nitrogens with one attached hydrogen (secondary N) is 1. The minimum atomic E-state index is -0.467. The number of nitro benzene ring substituents is 1. The summed E-state index contributed by atoms with van der Waals surface area (Å²) in [5.74, 6) is 1.02. The fourth-order valence-electron chi connectivity index (χ4n) is 2.64. The van der Waals surface area contributed by atoms with Crippen LogP contribution in [0.1, 0.15) is 11.1 Å². The van der Waals surface area contributed by atoms with Crippen LogP contribution in [0.15, 0.2) is 48.5 Å². The molecule has 0 fully saturated rings. The van der Waals surface area contributed by atoms with E-state index in [9.17, 15) is 14.9 Å². The van der Waals surface area contributed by atoms with Gasteiger partial charge in [-0.3, -0.25) is 14.9 Å². The first kappa shape index (κ1) is 21.7. The number of carbonyl (C=O) groups is 1. The molecule has 0 aliphatic carbocycles. The molecule has 7 nitrogen and oxygen atoms in total. The highest BCUT2D eigenvalue weighted by Gasteiger charge is 2.15. The van der Waals surface area contributed by atoms with E-state index < -0.39 is 4.92 Å². The van der Waals surface area contributed by atoms with Gasteiger partial charge in [0.05, 0.1) is 17.8 Å². The summed E-state index contributed by atoms with van der Waals surface area (Å²) in [6, 6.07) is 15.0. The number of carbonyl (C=O) groups excluding carboxylic acids is 1. The van der Waals surface area contributed by atoms with E-state index in [2.05, 4.69) is 22.3 Å². The molecule has 0 bridgehead atoms. The molecule has 150 valence electrons. The quantitative estimate of drug-likeness (QED) is 0.458. The molecule has 0 saturated heterocycles. The van der Waals surface area contributed by atoms with Crippen LogP contribution in [0.5, 0.6) is 5.75 Å². The van der Waals surface area contributed by atoms with Gasteiger partial charge >= 0.3 is 5.69 Å². The van der Waals surface area contributed by atoms with E-state index in [1.54, 1.807) is 12.1 Å². The van der Waals surface area contributed by atoms with Gasteiger partial charge in [0.15, 0.2) is 5.75 Å². The van der Waals surface area contributed by atoms with Gasteiger partial charge in [-0.15, -0.1) is 11.8 Å². The van der Waals surface area contributed by atoms with Crippen LogP contribution < -0.4 is 10.1 Å². The number of likely N-dealkylation sites (N-methyl/N-ethyl adjacent to an activating group) is 1. The number of hydrogen-bond donors (Lipinski definition) is 1. The molecule has 0 aliphatic rings. The molecule has 0 spiro atoms. The first-order valence-electron chi connectivity index (χ1n) is 8.88.